The molecule has 4 heteroatoms. The van der Waals surface area contributed by atoms with Crippen LogP contribution in [0.2, 0.25) is 0 Å². The average Bonchev–Trinajstić information content (AvgIpc) is 3.42. The zero-order valence-electron chi connectivity index (χ0n) is 18.8. The van der Waals surface area contributed by atoms with E-state index in [-0.39, 0.29) is 0 Å². The molecule has 0 amide bonds. The highest BCUT2D eigenvalue weighted by Gasteiger charge is 2.18. The van der Waals surface area contributed by atoms with Crippen molar-refractivity contribution in [2.24, 2.45) is 0 Å². The molecule has 0 radical (unpaired) electrons. The Morgan fingerprint density at radius 1 is 0.688 bits per heavy atom. The van der Waals surface area contributed by atoms with E-state index in [9.17, 15) is 0 Å². The Kier molecular flexibility index (Phi) is 5.24. The molecule has 3 nitrogen and oxygen atoms in total. The summed E-state index contributed by atoms with van der Waals surface area (Å²) in [7, 11) is 0. The van der Waals surface area contributed by atoms with Gasteiger partial charge in [0.2, 0.25) is 5.13 Å². The predicted octanol–water partition coefficient (Wildman–Crippen LogP) is 7.56. The minimum atomic E-state index is 0.870. The molecule has 2 aromatic heterocycles. The van der Waals surface area contributed by atoms with Gasteiger partial charge in [-0.25, -0.2) is 9.67 Å². The second-order valence-corrected chi connectivity index (χ2v) is 9.18. The Morgan fingerprint density at radius 3 is 2.00 bits per heavy atom. The van der Waals surface area contributed by atoms with Crippen LogP contribution in [0.4, 0.5) is 0 Å². The standard InChI is InChI=1S/C28H25N3S/c1-18-10-12-23(20(3)14-18)25-16-27(24-13-11-19(2)15-21(24)4)31(30-25)28-29-26(17-32-28)22-8-6-5-7-9-22/h5-17H,1-4H3. The number of benzene rings is 3. The Morgan fingerprint density at radius 2 is 1.34 bits per heavy atom. The van der Waals surface area contributed by atoms with Crippen LogP contribution in [0.5, 0.6) is 0 Å². The number of nitrogens with zero attached hydrogens (tertiary/aromatic N) is 3. The molecule has 0 saturated carbocycles. The molecule has 5 rings (SSSR count). The summed E-state index contributed by atoms with van der Waals surface area (Å²) in [5.74, 6) is 0. The van der Waals surface area contributed by atoms with Crippen LogP contribution < -0.4 is 0 Å². The van der Waals surface area contributed by atoms with E-state index in [1.165, 1.54) is 27.8 Å². The van der Waals surface area contributed by atoms with Crippen LogP contribution in [-0.2, 0) is 0 Å². The van der Waals surface area contributed by atoms with Crippen molar-refractivity contribution < 1.29 is 0 Å². The second kappa shape index (κ2) is 8.21. The van der Waals surface area contributed by atoms with Crippen LogP contribution in [0.25, 0.3) is 38.9 Å². The summed E-state index contributed by atoms with van der Waals surface area (Å²) in [4.78, 5) is 4.95. The molecular weight excluding hydrogens is 410 g/mol. The number of hydrogen-bond donors (Lipinski definition) is 0. The van der Waals surface area contributed by atoms with Crippen LogP contribution in [0, 0.1) is 27.7 Å². The van der Waals surface area contributed by atoms with Crippen molar-refractivity contribution >= 4 is 11.3 Å². The third-order valence-electron chi connectivity index (χ3n) is 5.77. The van der Waals surface area contributed by atoms with Crippen LogP contribution in [0.15, 0.2) is 78.2 Å². The van der Waals surface area contributed by atoms with E-state index in [4.69, 9.17) is 10.1 Å². The molecule has 0 fully saturated rings. The van der Waals surface area contributed by atoms with Gasteiger partial charge in [-0.05, 0) is 44.9 Å². The van der Waals surface area contributed by atoms with E-state index in [0.29, 0.717) is 0 Å². The van der Waals surface area contributed by atoms with Gasteiger partial charge in [0.15, 0.2) is 0 Å². The summed E-state index contributed by atoms with van der Waals surface area (Å²) in [6, 6.07) is 25.6. The summed E-state index contributed by atoms with van der Waals surface area (Å²) in [6.45, 7) is 8.56. The van der Waals surface area contributed by atoms with E-state index in [1.807, 2.05) is 22.9 Å². The Labute approximate surface area is 193 Å². The van der Waals surface area contributed by atoms with Crippen molar-refractivity contribution in [3.63, 3.8) is 0 Å². The van der Waals surface area contributed by atoms with Crippen LogP contribution in [0.1, 0.15) is 22.3 Å². The van der Waals surface area contributed by atoms with E-state index >= 15 is 0 Å². The number of thiazole rings is 1. The minimum Gasteiger partial charge on any atom is -0.218 e. The lowest BCUT2D eigenvalue weighted by molar-refractivity contribution is 0.880. The summed E-state index contributed by atoms with van der Waals surface area (Å²) in [6.07, 6.45) is 0. The summed E-state index contributed by atoms with van der Waals surface area (Å²) >= 11 is 1.62. The molecule has 0 atom stereocenters. The molecule has 0 N–H and O–H groups in total. The van der Waals surface area contributed by atoms with Gasteiger partial charge in [0.05, 0.1) is 17.1 Å². The van der Waals surface area contributed by atoms with Crippen molar-refractivity contribution in [1.29, 1.82) is 0 Å². The fourth-order valence-corrected chi connectivity index (χ4v) is 4.95. The molecule has 0 aliphatic heterocycles. The zero-order chi connectivity index (χ0) is 22.2. The van der Waals surface area contributed by atoms with Gasteiger partial charge in [-0.15, -0.1) is 11.3 Å². The number of aryl methyl sites for hydroxylation is 4. The maximum atomic E-state index is 5.05. The van der Waals surface area contributed by atoms with Crippen LogP contribution in [-0.4, -0.2) is 14.8 Å². The van der Waals surface area contributed by atoms with Crippen molar-refractivity contribution in [3.8, 4) is 38.9 Å². The molecule has 158 valence electrons. The normalized spacial score (nSPS) is 11.1. The molecule has 3 aromatic carbocycles. The molecule has 0 bridgehead atoms. The molecule has 0 aliphatic carbocycles. The van der Waals surface area contributed by atoms with Crippen molar-refractivity contribution in [3.05, 3.63) is 100 Å². The quantitative estimate of drug-likeness (QED) is 0.291. The lowest BCUT2D eigenvalue weighted by Gasteiger charge is -2.08. The summed E-state index contributed by atoms with van der Waals surface area (Å²) in [5, 5.41) is 8.03. The van der Waals surface area contributed by atoms with E-state index < -0.39 is 0 Å². The number of rotatable bonds is 4. The molecule has 0 saturated heterocycles. The zero-order valence-corrected chi connectivity index (χ0v) is 19.6. The van der Waals surface area contributed by atoms with Crippen molar-refractivity contribution in [2.75, 3.05) is 0 Å². The van der Waals surface area contributed by atoms with Crippen molar-refractivity contribution in [1.82, 2.24) is 14.8 Å². The topological polar surface area (TPSA) is 30.7 Å². The highest BCUT2D eigenvalue weighted by Crippen LogP contribution is 2.34. The molecule has 5 aromatic rings. The first-order chi connectivity index (χ1) is 15.5. The van der Waals surface area contributed by atoms with Gasteiger partial charge < -0.3 is 0 Å². The molecule has 0 aliphatic rings. The minimum absolute atomic E-state index is 0.870. The van der Waals surface area contributed by atoms with E-state index in [1.54, 1.807) is 11.3 Å². The predicted molar refractivity (Wildman–Crippen MR) is 134 cm³/mol. The SMILES string of the molecule is Cc1ccc(-c2cc(-c3ccc(C)cc3C)n(-c3nc(-c4ccccc4)cs3)n2)c(C)c1. The van der Waals surface area contributed by atoms with Gasteiger partial charge in [-0.1, -0.05) is 77.9 Å². The summed E-state index contributed by atoms with van der Waals surface area (Å²) in [5.41, 5.74) is 11.4. The Balaban J connectivity index is 1.69. The second-order valence-electron chi connectivity index (χ2n) is 8.34. The largest absolute Gasteiger partial charge is 0.218 e. The summed E-state index contributed by atoms with van der Waals surface area (Å²) < 4.78 is 2.00. The van der Waals surface area contributed by atoms with Crippen molar-refractivity contribution in [2.45, 2.75) is 27.7 Å². The fourth-order valence-electron chi connectivity index (χ4n) is 4.16. The molecular formula is C28H25N3S. The maximum Gasteiger partial charge on any atom is 0.211 e. The third kappa shape index (κ3) is 3.78. The Bertz CT molecular complexity index is 1410. The third-order valence-corrected chi connectivity index (χ3v) is 6.58. The first-order valence-corrected chi connectivity index (χ1v) is 11.6. The molecule has 2 heterocycles. The molecule has 32 heavy (non-hydrogen) atoms. The van der Waals surface area contributed by atoms with E-state index in [0.717, 1.165) is 33.3 Å². The van der Waals surface area contributed by atoms with Gasteiger partial charge in [-0.2, -0.15) is 5.10 Å². The number of aromatic nitrogens is 3. The smallest absolute Gasteiger partial charge is 0.211 e. The highest BCUT2D eigenvalue weighted by molar-refractivity contribution is 7.12. The highest BCUT2D eigenvalue weighted by atomic mass is 32.1. The first-order valence-electron chi connectivity index (χ1n) is 10.8. The fraction of sp³-hybridized carbons (Fsp3) is 0.143. The lowest BCUT2D eigenvalue weighted by atomic mass is 10.0. The lowest BCUT2D eigenvalue weighted by Crippen LogP contribution is -2.00. The first kappa shape index (κ1) is 20.4. The van der Waals surface area contributed by atoms with Crippen LogP contribution >= 0.6 is 11.3 Å². The monoisotopic (exact) mass is 435 g/mol. The molecule has 0 unspecified atom stereocenters. The maximum absolute atomic E-state index is 5.05. The number of hydrogen-bond acceptors (Lipinski definition) is 3. The van der Waals surface area contributed by atoms with Gasteiger partial charge in [-0.3, -0.25) is 0 Å². The van der Waals surface area contributed by atoms with Crippen LogP contribution in [0.3, 0.4) is 0 Å². The van der Waals surface area contributed by atoms with Gasteiger partial charge >= 0.3 is 0 Å². The van der Waals surface area contributed by atoms with Gasteiger partial charge in [0.25, 0.3) is 0 Å². The molecule has 0 spiro atoms. The Hall–Kier alpha value is -3.50. The average molecular weight is 436 g/mol. The van der Waals surface area contributed by atoms with Gasteiger partial charge in [0.1, 0.15) is 0 Å². The van der Waals surface area contributed by atoms with E-state index in [2.05, 4.69) is 87.7 Å². The van der Waals surface area contributed by atoms with Gasteiger partial charge in [0, 0.05) is 22.1 Å².